The van der Waals surface area contributed by atoms with Crippen LogP contribution in [0.3, 0.4) is 0 Å². The molecular formula is C12H20N2O3. The van der Waals surface area contributed by atoms with Crippen molar-refractivity contribution in [2.45, 2.75) is 44.7 Å². The van der Waals surface area contributed by atoms with Crippen LogP contribution in [0.1, 0.15) is 32.6 Å². The molecule has 1 amide bonds. The molecule has 2 N–H and O–H groups in total. The van der Waals surface area contributed by atoms with Crippen LogP contribution in [0.2, 0.25) is 0 Å². The zero-order valence-electron chi connectivity index (χ0n) is 10.2. The SMILES string of the molecule is CC1CCNC1C(=O)N1CCCCC1C(=O)O. The molecule has 2 aliphatic rings. The molecule has 0 saturated carbocycles. The molecule has 2 heterocycles. The average Bonchev–Trinajstić information content (AvgIpc) is 2.74. The van der Waals surface area contributed by atoms with E-state index in [0.29, 0.717) is 18.9 Å². The highest BCUT2D eigenvalue weighted by Gasteiger charge is 2.38. The number of carbonyl (C=O) groups excluding carboxylic acids is 1. The van der Waals surface area contributed by atoms with Gasteiger partial charge >= 0.3 is 5.97 Å². The van der Waals surface area contributed by atoms with E-state index in [2.05, 4.69) is 5.32 Å². The van der Waals surface area contributed by atoms with E-state index in [4.69, 9.17) is 5.11 Å². The van der Waals surface area contributed by atoms with Crippen molar-refractivity contribution in [2.24, 2.45) is 5.92 Å². The molecule has 0 spiro atoms. The molecule has 17 heavy (non-hydrogen) atoms. The molecule has 96 valence electrons. The number of aliphatic carboxylic acids is 1. The minimum atomic E-state index is -0.872. The number of hydrogen-bond acceptors (Lipinski definition) is 3. The number of carboxylic acids is 1. The number of piperidine rings is 1. The third-order valence-electron chi connectivity index (χ3n) is 3.87. The molecule has 3 unspecified atom stereocenters. The first kappa shape index (κ1) is 12.4. The highest BCUT2D eigenvalue weighted by Crippen LogP contribution is 2.22. The molecule has 2 saturated heterocycles. The smallest absolute Gasteiger partial charge is 0.326 e. The van der Waals surface area contributed by atoms with E-state index in [9.17, 15) is 9.59 Å². The summed E-state index contributed by atoms with van der Waals surface area (Å²) in [5.41, 5.74) is 0. The summed E-state index contributed by atoms with van der Waals surface area (Å²) in [6, 6.07) is -0.805. The molecule has 0 bridgehead atoms. The maximum absolute atomic E-state index is 12.3. The third-order valence-corrected chi connectivity index (χ3v) is 3.87. The highest BCUT2D eigenvalue weighted by molar-refractivity contribution is 5.87. The van der Waals surface area contributed by atoms with Gasteiger partial charge in [-0.05, 0) is 38.1 Å². The fraction of sp³-hybridized carbons (Fsp3) is 0.833. The minimum absolute atomic E-state index is 0.0258. The van der Waals surface area contributed by atoms with Crippen LogP contribution in [0.25, 0.3) is 0 Å². The Morgan fingerprint density at radius 2 is 2.06 bits per heavy atom. The van der Waals surface area contributed by atoms with E-state index in [0.717, 1.165) is 25.8 Å². The number of hydrogen-bond donors (Lipinski definition) is 2. The Kier molecular flexibility index (Phi) is 3.66. The Hall–Kier alpha value is -1.10. The summed E-state index contributed by atoms with van der Waals surface area (Å²) in [6.45, 7) is 3.48. The first-order valence-corrected chi connectivity index (χ1v) is 6.38. The van der Waals surface area contributed by atoms with Crippen molar-refractivity contribution in [1.82, 2.24) is 10.2 Å². The topological polar surface area (TPSA) is 69.6 Å². The van der Waals surface area contributed by atoms with Crippen LogP contribution in [0.4, 0.5) is 0 Å². The maximum Gasteiger partial charge on any atom is 0.326 e. The number of rotatable bonds is 2. The number of amides is 1. The van der Waals surface area contributed by atoms with Crippen molar-refractivity contribution in [1.29, 1.82) is 0 Å². The van der Waals surface area contributed by atoms with Gasteiger partial charge in [0.25, 0.3) is 0 Å². The normalized spacial score (nSPS) is 33.7. The van der Waals surface area contributed by atoms with Gasteiger partial charge in [-0.15, -0.1) is 0 Å². The average molecular weight is 240 g/mol. The largest absolute Gasteiger partial charge is 0.480 e. The Bertz CT molecular complexity index is 319. The van der Waals surface area contributed by atoms with E-state index < -0.39 is 12.0 Å². The monoisotopic (exact) mass is 240 g/mol. The molecular weight excluding hydrogens is 220 g/mol. The Labute approximate surface area is 101 Å². The predicted octanol–water partition coefficient (Wildman–Crippen LogP) is 0.450. The van der Waals surface area contributed by atoms with Crippen LogP contribution in [-0.4, -0.2) is 47.1 Å². The Balaban J connectivity index is 2.08. The van der Waals surface area contributed by atoms with Gasteiger partial charge in [0, 0.05) is 6.54 Å². The van der Waals surface area contributed by atoms with Gasteiger partial charge in [-0.1, -0.05) is 6.92 Å². The van der Waals surface area contributed by atoms with E-state index in [1.807, 2.05) is 6.92 Å². The number of likely N-dealkylation sites (tertiary alicyclic amines) is 1. The van der Waals surface area contributed by atoms with Gasteiger partial charge in [-0.3, -0.25) is 4.79 Å². The van der Waals surface area contributed by atoms with E-state index in [-0.39, 0.29) is 11.9 Å². The van der Waals surface area contributed by atoms with E-state index in [1.165, 1.54) is 0 Å². The van der Waals surface area contributed by atoms with Gasteiger partial charge < -0.3 is 15.3 Å². The van der Waals surface area contributed by atoms with Crippen molar-refractivity contribution in [3.63, 3.8) is 0 Å². The lowest BCUT2D eigenvalue weighted by Crippen LogP contribution is -2.54. The number of carboxylic acid groups (broad SMARTS) is 1. The third kappa shape index (κ3) is 2.44. The second-order valence-corrected chi connectivity index (χ2v) is 5.08. The first-order valence-electron chi connectivity index (χ1n) is 6.38. The predicted molar refractivity (Wildman–Crippen MR) is 62.6 cm³/mol. The maximum atomic E-state index is 12.3. The van der Waals surface area contributed by atoms with E-state index >= 15 is 0 Å². The fourth-order valence-corrected chi connectivity index (χ4v) is 2.80. The summed E-state index contributed by atoms with van der Waals surface area (Å²) in [4.78, 5) is 25.0. The van der Waals surface area contributed by atoms with Gasteiger partial charge in [0.1, 0.15) is 6.04 Å². The van der Waals surface area contributed by atoms with Crippen LogP contribution in [0.15, 0.2) is 0 Å². The lowest BCUT2D eigenvalue weighted by molar-refractivity contribution is -0.153. The second-order valence-electron chi connectivity index (χ2n) is 5.08. The Morgan fingerprint density at radius 3 is 2.65 bits per heavy atom. The molecule has 2 aliphatic heterocycles. The minimum Gasteiger partial charge on any atom is -0.480 e. The zero-order valence-corrected chi connectivity index (χ0v) is 10.2. The van der Waals surface area contributed by atoms with Gasteiger partial charge in [0.2, 0.25) is 5.91 Å². The van der Waals surface area contributed by atoms with Crippen LogP contribution in [0.5, 0.6) is 0 Å². The molecule has 0 aromatic rings. The van der Waals surface area contributed by atoms with Crippen LogP contribution >= 0.6 is 0 Å². The summed E-state index contributed by atoms with van der Waals surface area (Å²) >= 11 is 0. The van der Waals surface area contributed by atoms with Crippen LogP contribution in [0, 0.1) is 5.92 Å². The molecule has 5 nitrogen and oxygen atoms in total. The molecule has 5 heteroatoms. The number of nitrogens with one attached hydrogen (secondary N) is 1. The van der Waals surface area contributed by atoms with Crippen molar-refractivity contribution in [2.75, 3.05) is 13.1 Å². The van der Waals surface area contributed by atoms with Gasteiger partial charge in [-0.25, -0.2) is 4.79 Å². The molecule has 3 atom stereocenters. The van der Waals surface area contributed by atoms with Crippen LogP contribution in [-0.2, 0) is 9.59 Å². The van der Waals surface area contributed by atoms with Gasteiger partial charge in [0.15, 0.2) is 0 Å². The van der Waals surface area contributed by atoms with Gasteiger partial charge in [-0.2, -0.15) is 0 Å². The molecule has 2 rings (SSSR count). The summed E-state index contributed by atoms with van der Waals surface area (Å²) in [5, 5.41) is 12.3. The number of carbonyl (C=O) groups is 2. The molecule has 2 fully saturated rings. The Morgan fingerprint density at radius 1 is 1.29 bits per heavy atom. The summed E-state index contributed by atoms with van der Waals surface area (Å²) in [5.74, 6) is -0.593. The van der Waals surface area contributed by atoms with Crippen molar-refractivity contribution in [3.8, 4) is 0 Å². The van der Waals surface area contributed by atoms with Crippen molar-refractivity contribution in [3.05, 3.63) is 0 Å². The second kappa shape index (κ2) is 5.04. The molecule has 0 aliphatic carbocycles. The first-order chi connectivity index (χ1) is 8.11. The molecule has 0 aromatic carbocycles. The molecule has 0 aromatic heterocycles. The van der Waals surface area contributed by atoms with Crippen molar-refractivity contribution >= 4 is 11.9 Å². The summed E-state index contributed by atoms with van der Waals surface area (Å²) < 4.78 is 0. The standard InChI is InChI=1S/C12H20N2O3/c1-8-5-6-13-10(8)11(15)14-7-3-2-4-9(14)12(16)17/h8-10,13H,2-7H2,1H3,(H,16,17). The summed E-state index contributed by atoms with van der Waals surface area (Å²) in [6.07, 6.45) is 3.38. The van der Waals surface area contributed by atoms with E-state index in [1.54, 1.807) is 4.90 Å². The zero-order chi connectivity index (χ0) is 12.4. The fourth-order valence-electron chi connectivity index (χ4n) is 2.80. The lowest BCUT2D eigenvalue weighted by atomic mass is 9.97. The van der Waals surface area contributed by atoms with Crippen LogP contribution < -0.4 is 5.32 Å². The van der Waals surface area contributed by atoms with Gasteiger partial charge in [0.05, 0.1) is 6.04 Å². The van der Waals surface area contributed by atoms with Crippen molar-refractivity contribution < 1.29 is 14.7 Å². The quantitative estimate of drug-likeness (QED) is 0.735. The highest BCUT2D eigenvalue weighted by atomic mass is 16.4. The number of nitrogens with zero attached hydrogens (tertiary/aromatic N) is 1. The summed E-state index contributed by atoms with van der Waals surface area (Å²) in [7, 11) is 0. The molecule has 0 radical (unpaired) electrons. The lowest BCUT2D eigenvalue weighted by Gasteiger charge is -2.35.